The van der Waals surface area contributed by atoms with Crippen LogP contribution in [0.1, 0.15) is 23.8 Å². The summed E-state index contributed by atoms with van der Waals surface area (Å²) in [6, 6.07) is 6.91. The molecule has 0 unspecified atom stereocenters. The summed E-state index contributed by atoms with van der Waals surface area (Å²) in [4.78, 5) is 20.3. The predicted molar refractivity (Wildman–Crippen MR) is 87.5 cm³/mol. The molecule has 7 nitrogen and oxygen atoms in total. The molecular weight excluding hydrogens is 296 g/mol. The van der Waals surface area contributed by atoms with Crippen molar-refractivity contribution in [2.75, 3.05) is 26.1 Å². The van der Waals surface area contributed by atoms with Gasteiger partial charge in [0.05, 0.1) is 19.9 Å². The highest BCUT2D eigenvalue weighted by Crippen LogP contribution is 2.30. The van der Waals surface area contributed by atoms with E-state index in [0.29, 0.717) is 35.4 Å². The molecule has 0 aliphatic heterocycles. The summed E-state index contributed by atoms with van der Waals surface area (Å²) in [5.41, 5.74) is 0.989. The summed E-state index contributed by atoms with van der Waals surface area (Å²) >= 11 is 0. The Balaban J connectivity index is 2.19. The zero-order valence-electron chi connectivity index (χ0n) is 13.4. The van der Waals surface area contributed by atoms with Crippen LogP contribution in [0, 0.1) is 0 Å². The second-order valence-electron chi connectivity index (χ2n) is 4.71. The molecule has 0 aliphatic carbocycles. The normalized spacial score (nSPS) is 10.0. The molecule has 2 aromatic rings. The fraction of sp³-hybridized carbons (Fsp3) is 0.312. The van der Waals surface area contributed by atoms with Gasteiger partial charge < -0.3 is 20.1 Å². The molecule has 1 aromatic heterocycles. The molecule has 0 saturated carbocycles. The van der Waals surface area contributed by atoms with Crippen molar-refractivity contribution in [3.8, 4) is 11.5 Å². The van der Waals surface area contributed by atoms with Gasteiger partial charge in [-0.3, -0.25) is 4.79 Å². The number of rotatable bonds is 7. The Hall–Kier alpha value is -2.83. The first-order chi connectivity index (χ1) is 11.2. The number of nitrogens with zero attached hydrogens (tertiary/aromatic N) is 2. The zero-order chi connectivity index (χ0) is 16.7. The number of amides is 1. The lowest BCUT2D eigenvalue weighted by atomic mass is 10.2. The highest BCUT2D eigenvalue weighted by atomic mass is 16.5. The van der Waals surface area contributed by atoms with E-state index in [1.54, 1.807) is 38.5 Å². The molecule has 23 heavy (non-hydrogen) atoms. The van der Waals surface area contributed by atoms with Crippen LogP contribution in [0.2, 0.25) is 0 Å². The number of carbonyl (C=O) groups is 1. The molecule has 122 valence electrons. The van der Waals surface area contributed by atoms with Crippen molar-refractivity contribution in [3.05, 3.63) is 36.2 Å². The molecule has 0 spiro atoms. The molecule has 1 heterocycles. The molecule has 0 fully saturated rings. The summed E-state index contributed by atoms with van der Waals surface area (Å²) in [5, 5.41) is 5.82. The third-order valence-electron chi connectivity index (χ3n) is 3.08. The Bertz CT molecular complexity index is 676. The fourth-order valence-electron chi connectivity index (χ4n) is 1.90. The quantitative estimate of drug-likeness (QED) is 0.816. The Morgan fingerprint density at radius 1 is 1.22 bits per heavy atom. The predicted octanol–water partition coefficient (Wildman–Crippen LogP) is 2.38. The minimum atomic E-state index is -0.223. The Kier molecular flexibility index (Phi) is 5.74. The average Bonchev–Trinajstić information content (AvgIpc) is 2.60. The van der Waals surface area contributed by atoms with Crippen molar-refractivity contribution in [2.24, 2.45) is 0 Å². The summed E-state index contributed by atoms with van der Waals surface area (Å²) in [7, 11) is 3.15. The third kappa shape index (κ3) is 4.32. The molecule has 1 aromatic carbocycles. The first kappa shape index (κ1) is 16.5. The maximum atomic E-state index is 11.9. The van der Waals surface area contributed by atoms with Gasteiger partial charge in [-0.2, -0.15) is 0 Å². The molecule has 0 atom stereocenters. The van der Waals surface area contributed by atoms with Gasteiger partial charge in [-0.05, 0) is 24.6 Å². The number of benzene rings is 1. The van der Waals surface area contributed by atoms with Crippen LogP contribution in [0.4, 0.5) is 11.6 Å². The number of anilines is 2. The van der Waals surface area contributed by atoms with E-state index in [9.17, 15) is 4.79 Å². The minimum absolute atomic E-state index is 0.223. The Labute approximate surface area is 135 Å². The molecule has 2 N–H and O–H groups in total. The van der Waals surface area contributed by atoms with Crippen LogP contribution in [0.15, 0.2) is 30.5 Å². The second kappa shape index (κ2) is 7.98. The molecular formula is C16H20N4O3. The summed E-state index contributed by atoms with van der Waals surface area (Å²) < 4.78 is 10.5. The van der Waals surface area contributed by atoms with Gasteiger partial charge in [0.2, 0.25) is 5.95 Å². The third-order valence-corrected chi connectivity index (χ3v) is 3.08. The zero-order valence-corrected chi connectivity index (χ0v) is 13.4. The van der Waals surface area contributed by atoms with Gasteiger partial charge in [-0.25, -0.2) is 9.97 Å². The smallest absolute Gasteiger partial charge is 0.270 e. The fourth-order valence-corrected chi connectivity index (χ4v) is 1.90. The van der Waals surface area contributed by atoms with E-state index in [1.807, 2.05) is 6.92 Å². The van der Waals surface area contributed by atoms with E-state index in [4.69, 9.17) is 9.47 Å². The van der Waals surface area contributed by atoms with Gasteiger partial charge >= 0.3 is 0 Å². The van der Waals surface area contributed by atoms with Crippen molar-refractivity contribution < 1.29 is 14.3 Å². The van der Waals surface area contributed by atoms with E-state index in [0.717, 1.165) is 6.42 Å². The van der Waals surface area contributed by atoms with Gasteiger partial charge in [-0.1, -0.05) is 6.92 Å². The van der Waals surface area contributed by atoms with Crippen LogP contribution >= 0.6 is 0 Å². The van der Waals surface area contributed by atoms with E-state index in [1.165, 1.54) is 6.20 Å². The maximum Gasteiger partial charge on any atom is 0.270 e. The highest BCUT2D eigenvalue weighted by Gasteiger charge is 2.10. The van der Waals surface area contributed by atoms with Crippen LogP contribution in [0.5, 0.6) is 11.5 Å². The number of hydrogen-bond acceptors (Lipinski definition) is 6. The van der Waals surface area contributed by atoms with Crippen molar-refractivity contribution in [2.45, 2.75) is 13.3 Å². The number of hydrogen-bond donors (Lipinski definition) is 2. The summed E-state index contributed by atoms with van der Waals surface area (Å²) in [5.74, 6) is 1.37. The summed E-state index contributed by atoms with van der Waals surface area (Å²) in [6.07, 6.45) is 2.40. The Morgan fingerprint density at radius 2 is 2.04 bits per heavy atom. The monoisotopic (exact) mass is 316 g/mol. The second-order valence-corrected chi connectivity index (χ2v) is 4.71. The van der Waals surface area contributed by atoms with E-state index in [2.05, 4.69) is 20.6 Å². The van der Waals surface area contributed by atoms with Crippen molar-refractivity contribution in [1.29, 1.82) is 0 Å². The number of nitrogens with one attached hydrogen (secondary N) is 2. The van der Waals surface area contributed by atoms with Crippen molar-refractivity contribution in [1.82, 2.24) is 15.3 Å². The SMILES string of the molecule is CCCNC(=O)c1ccnc(Nc2ccc(OC)cc2OC)n1. The van der Waals surface area contributed by atoms with Gasteiger partial charge in [-0.15, -0.1) is 0 Å². The van der Waals surface area contributed by atoms with Crippen LogP contribution in [-0.4, -0.2) is 36.6 Å². The highest BCUT2D eigenvalue weighted by molar-refractivity contribution is 5.92. The number of methoxy groups -OCH3 is 2. The van der Waals surface area contributed by atoms with Crippen LogP contribution in [0.25, 0.3) is 0 Å². The lowest BCUT2D eigenvalue weighted by molar-refractivity contribution is 0.0948. The molecule has 0 radical (unpaired) electrons. The molecule has 0 aliphatic rings. The van der Waals surface area contributed by atoms with E-state index in [-0.39, 0.29) is 5.91 Å². The first-order valence-electron chi connectivity index (χ1n) is 7.28. The number of carbonyl (C=O) groups excluding carboxylic acids is 1. The van der Waals surface area contributed by atoms with Gasteiger partial charge in [0.15, 0.2) is 0 Å². The first-order valence-corrected chi connectivity index (χ1v) is 7.28. The topological polar surface area (TPSA) is 85.4 Å². The maximum absolute atomic E-state index is 11.9. The minimum Gasteiger partial charge on any atom is -0.497 e. The molecule has 0 saturated heterocycles. The van der Waals surface area contributed by atoms with E-state index < -0.39 is 0 Å². The van der Waals surface area contributed by atoms with Crippen molar-refractivity contribution in [3.63, 3.8) is 0 Å². The van der Waals surface area contributed by atoms with Gasteiger partial charge in [0.25, 0.3) is 5.91 Å². The van der Waals surface area contributed by atoms with Crippen molar-refractivity contribution >= 4 is 17.5 Å². The standard InChI is InChI=1S/C16H20N4O3/c1-4-8-17-15(21)13-7-9-18-16(20-13)19-12-6-5-11(22-2)10-14(12)23-3/h5-7,9-10H,4,8H2,1-3H3,(H,17,21)(H,18,19,20). The van der Waals surface area contributed by atoms with Gasteiger partial charge in [0.1, 0.15) is 17.2 Å². The summed E-state index contributed by atoms with van der Waals surface area (Å²) in [6.45, 7) is 2.60. The van der Waals surface area contributed by atoms with Gasteiger partial charge in [0, 0.05) is 18.8 Å². The molecule has 2 rings (SSSR count). The van der Waals surface area contributed by atoms with Crippen LogP contribution < -0.4 is 20.1 Å². The largest absolute Gasteiger partial charge is 0.497 e. The Morgan fingerprint density at radius 3 is 2.74 bits per heavy atom. The van der Waals surface area contributed by atoms with Crippen LogP contribution in [-0.2, 0) is 0 Å². The molecule has 0 bridgehead atoms. The average molecular weight is 316 g/mol. The molecule has 1 amide bonds. The van der Waals surface area contributed by atoms with Crippen LogP contribution in [0.3, 0.4) is 0 Å². The number of aromatic nitrogens is 2. The lowest BCUT2D eigenvalue weighted by Gasteiger charge is -2.12. The molecule has 7 heteroatoms. The number of ether oxygens (including phenoxy) is 2. The lowest BCUT2D eigenvalue weighted by Crippen LogP contribution is -2.25. The van der Waals surface area contributed by atoms with E-state index >= 15 is 0 Å².